The molecule has 0 radical (unpaired) electrons. The van der Waals surface area contributed by atoms with Crippen LogP contribution in [-0.2, 0) is 10.3 Å². The van der Waals surface area contributed by atoms with Crippen molar-refractivity contribution in [3.05, 3.63) is 70.3 Å². The SMILES string of the molecule is CCOC(=O)Nc1ccn2c(-c3cc(OC(C)(C)c4ccccc4Cl)c(C(N)=O)s3)cnc2c1. The van der Waals surface area contributed by atoms with E-state index >= 15 is 0 Å². The summed E-state index contributed by atoms with van der Waals surface area (Å²) in [5, 5.41) is 3.22. The molecular weight excluding hydrogens is 476 g/mol. The Balaban J connectivity index is 1.68. The van der Waals surface area contributed by atoms with Crippen LogP contribution in [0.4, 0.5) is 10.5 Å². The van der Waals surface area contributed by atoms with Crippen LogP contribution in [0.5, 0.6) is 5.75 Å². The molecule has 8 nitrogen and oxygen atoms in total. The number of anilines is 1. The summed E-state index contributed by atoms with van der Waals surface area (Å²) in [6.07, 6.45) is 2.92. The van der Waals surface area contributed by atoms with Gasteiger partial charge in [0.1, 0.15) is 21.9 Å². The second kappa shape index (κ2) is 9.36. The second-order valence-corrected chi connectivity index (χ2v) is 9.35. The average molecular weight is 499 g/mol. The van der Waals surface area contributed by atoms with Crippen LogP contribution in [0.2, 0.25) is 5.02 Å². The van der Waals surface area contributed by atoms with E-state index in [1.165, 1.54) is 11.3 Å². The van der Waals surface area contributed by atoms with Crippen LogP contribution in [0, 0.1) is 0 Å². The fraction of sp³-hybridized carbons (Fsp3) is 0.208. The summed E-state index contributed by atoms with van der Waals surface area (Å²) in [5.41, 5.74) is 7.55. The van der Waals surface area contributed by atoms with Crippen molar-refractivity contribution >= 4 is 46.3 Å². The van der Waals surface area contributed by atoms with Crippen molar-refractivity contribution in [2.24, 2.45) is 5.73 Å². The van der Waals surface area contributed by atoms with E-state index in [-0.39, 0.29) is 6.61 Å². The van der Waals surface area contributed by atoms with Gasteiger partial charge in [0, 0.05) is 34.6 Å². The molecule has 0 aliphatic carbocycles. The molecule has 10 heteroatoms. The van der Waals surface area contributed by atoms with Gasteiger partial charge in [0.2, 0.25) is 0 Å². The molecule has 0 spiro atoms. The quantitative estimate of drug-likeness (QED) is 0.340. The van der Waals surface area contributed by atoms with Gasteiger partial charge in [-0.25, -0.2) is 9.78 Å². The maximum atomic E-state index is 12.2. The lowest BCUT2D eigenvalue weighted by Crippen LogP contribution is -2.26. The second-order valence-electron chi connectivity index (χ2n) is 7.89. The molecule has 0 aliphatic heterocycles. The first-order valence-electron chi connectivity index (χ1n) is 10.5. The van der Waals surface area contributed by atoms with Gasteiger partial charge in [-0.1, -0.05) is 29.8 Å². The Hall–Kier alpha value is -3.56. The molecule has 34 heavy (non-hydrogen) atoms. The largest absolute Gasteiger partial charge is 0.481 e. The fourth-order valence-corrected chi connectivity index (χ4v) is 4.86. The van der Waals surface area contributed by atoms with Gasteiger partial charge in [-0.05, 0) is 32.9 Å². The van der Waals surface area contributed by atoms with Gasteiger partial charge in [-0.2, -0.15) is 0 Å². The molecule has 3 heterocycles. The first-order chi connectivity index (χ1) is 16.2. The molecule has 4 rings (SSSR count). The number of nitrogens with zero attached hydrogens (tertiary/aromatic N) is 2. The molecule has 4 aromatic rings. The number of nitrogens with two attached hydrogens (primary N) is 1. The predicted molar refractivity (Wildman–Crippen MR) is 133 cm³/mol. The van der Waals surface area contributed by atoms with Gasteiger partial charge in [-0.15, -0.1) is 11.3 Å². The Morgan fingerprint density at radius 3 is 2.71 bits per heavy atom. The Kier molecular flexibility index (Phi) is 6.49. The van der Waals surface area contributed by atoms with Crippen molar-refractivity contribution in [2.75, 3.05) is 11.9 Å². The van der Waals surface area contributed by atoms with Crippen LogP contribution in [0.1, 0.15) is 36.0 Å². The molecule has 0 unspecified atom stereocenters. The summed E-state index contributed by atoms with van der Waals surface area (Å²) < 4.78 is 13.0. The highest BCUT2D eigenvalue weighted by Crippen LogP contribution is 2.40. The molecule has 0 atom stereocenters. The highest BCUT2D eigenvalue weighted by molar-refractivity contribution is 7.17. The third-order valence-corrected chi connectivity index (χ3v) is 6.58. The first-order valence-corrected chi connectivity index (χ1v) is 11.7. The van der Waals surface area contributed by atoms with Crippen molar-refractivity contribution in [3.63, 3.8) is 0 Å². The number of carbonyl (C=O) groups excluding carboxylic acids is 2. The topological polar surface area (TPSA) is 108 Å². The number of ether oxygens (including phenoxy) is 2. The zero-order valence-corrected chi connectivity index (χ0v) is 20.4. The number of thiophene rings is 1. The monoisotopic (exact) mass is 498 g/mol. The number of benzene rings is 1. The molecule has 3 aromatic heterocycles. The Labute approximate surface area is 205 Å². The minimum Gasteiger partial charge on any atom is -0.481 e. The first kappa shape index (κ1) is 23.6. The van der Waals surface area contributed by atoms with Gasteiger partial charge in [0.25, 0.3) is 5.91 Å². The van der Waals surface area contributed by atoms with Gasteiger partial charge in [0.15, 0.2) is 0 Å². The fourth-order valence-electron chi connectivity index (χ4n) is 3.55. The summed E-state index contributed by atoms with van der Waals surface area (Å²) in [6, 6.07) is 12.6. The van der Waals surface area contributed by atoms with Crippen LogP contribution in [-0.4, -0.2) is 28.0 Å². The molecule has 1 aromatic carbocycles. The average Bonchev–Trinajstić information content (AvgIpc) is 3.37. The molecule has 0 saturated heterocycles. The summed E-state index contributed by atoms with van der Waals surface area (Å²) in [4.78, 5) is 29.4. The van der Waals surface area contributed by atoms with Crippen LogP contribution in [0.3, 0.4) is 0 Å². The lowest BCUT2D eigenvalue weighted by molar-refractivity contribution is 0.0956. The molecule has 2 amide bonds. The zero-order chi connectivity index (χ0) is 24.5. The molecule has 0 aliphatic rings. The molecule has 176 valence electrons. The number of hydrogen-bond acceptors (Lipinski definition) is 6. The van der Waals surface area contributed by atoms with Crippen molar-refractivity contribution in [2.45, 2.75) is 26.4 Å². The number of hydrogen-bond donors (Lipinski definition) is 2. The van der Waals surface area contributed by atoms with Crippen molar-refractivity contribution < 1.29 is 19.1 Å². The molecule has 3 N–H and O–H groups in total. The molecule has 0 bridgehead atoms. The molecule has 0 saturated carbocycles. The third kappa shape index (κ3) is 4.71. The Morgan fingerprint density at radius 1 is 1.24 bits per heavy atom. The van der Waals surface area contributed by atoms with Crippen LogP contribution >= 0.6 is 22.9 Å². The molecule has 0 fully saturated rings. The van der Waals surface area contributed by atoms with E-state index in [0.717, 1.165) is 16.1 Å². The van der Waals surface area contributed by atoms with E-state index in [0.29, 0.717) is 27.0 Å². The Bertz CT molecular complexity index is 1380. The van der Waals surface area contributed by atoms with Crippen LogP contribution in [0.25, 0.3) is 16.2 Å². The summed E-state index contributed by atoms with van der Waals surface area (Å²) in [6.45, 7) is 5.77. The maximum absolute atomic E-state index is 12.2. The lowest BCUT2D eigenvalue weighted by Gasteiger charge is -2.27. The van der Waals surface area contributed by atoms with Gasteiger partial charge >= 0.3 is 6.09 Å². The van der Waals surface area contributed by atoms with Gasteiger partial charge in [-0.3, -0.25) is 14.5 Å². The van der Waals surface area contributed by atoms with E-state index in [1.54, 1.807) is 43.6 Å². The minimum atomic E-state index is -0.811. The number of fused-ring (bicyclic) bond motifs is 1. The van der Waals surface area contributed by atoms with E-state index in [9.17, 15) is 9.59 Å². The van der Waals surface area contributed by atoms with Crippen molar-refractivity contribution in [1.82, 2.24) is 9.38 Å². The van der Waals surface area contributed by atoms with Crippen molar-refractivity contribution in [3.8, 4) is 16.3 Å². The predicted octanol–water partition coefficient (Wildman–Crippen LogP) is 5.70. The number of imidazole rings is 1. The van der Waals surface area contributed by atoms with Crippen LogP contribution in [0.15, 0.2) is 54.9 Å². The van der Waals surface area contributed by atoms with Gasteiger partial charge < -0.3 is 15.2 Å². The normalized spacial score (nSPS) is 11.4. The number of halogens is 1. The van der Waals surface area contributed by atoms with E-state index in [1.807, 2.05) is 36.4 Å². The zero-order valence-electron chi connectivity index (χ0n) is 18.8. The van der Waals surface area contributed by atoms with Crippen LogP contribution < -0.4 is 15.8 Å². The Morgan fingerprint density at radius 2 is 2.00 bits per heavy atom. The highest BCUT2D eigenvalue weighted by atomic mass is 35.5. The number of primary amides is 1. The van der Waals surface area contributed by atoms with E-state index in [4.69, 9.17) is 26.8 Å². The number of pyridine rings is 1. The van der Waals surface area contributed by atoms with E-state index in [2.05, 4.69) is 10.3 Å². The standard InChI is InChI=1S/C24H23ClN4O4S/c1-4-32-23(31)28-14-9-10-29-17(13-27-20(29)11-14)19-12-18(21(34-19)22(26)30)33-24(2,3)15-7-5-6-8-16(15)25/h5-13H,4H2,1-3H3,(H2,26,30)(H,28,31). The van der Waals surface area contributed by atoms with E-state index < -0.39 is 17.6 Å². The number of amides is 2. The minimum absolute atomic E-state index is 0.278. The number of carbonyl (C=O) groups is 2. The summed E-state index contributed by atoms with van der Waals surface area (Å²) >= 11 is 7.59. The highest BCUT2D eigenvalue weighted by Gasteiger charge is 2.29. The smallest absolute Gasteiger partial charge is 0.411 e. The van der Waals surface area contributed by atoms with Crippen molar-refractivity contribution in [1.29, 1.82) is 0 Å². The molecular formula is C24H23ClN4O4S. The summed E-state index contributed by atoms with van der Waals surface area (Å²) in [5.74, 6) is -0.219. The number of nitrogens with one attached hydrogen (secondary N) is 1. The third-order valence-electron chi connectivity index (χ3n) is 5.10. The van der Waals surface area contributed by atoms with Gasteiger partial charge in [0.05, 0.1) is 23.4 Å². The maximum Gasteiger partial charge on any atom is 0.411 e. The summed E-state index contributed by atoms with van der Waals surface area (Å²) in [7, 11) is 0. The lowest BCUT2D eigenvalue weighted by atomic mass is 9.98. The number of aromatic nitrogens is 2. The number of rotatable bonds is 7.